The lowest BCUT2D eigenvalue weighted by Gasteiger charge is -2.11. The van der Waals surface area contributed by atoms with E-state index in [0.717, 1.165) is 126 Å². The summed E-state index contributed by atoms with van der Waals surface area (Å²) >= 11 is 3.64. The second-order valence-electron chi connectivity index (χ2n) is 30.5. The second-order valence-corrected chi connectivity index (χ2v) is 32.7. The Morgan fingerprint density at radius 2 is 0.532 bits per heavy atom. The van der Waals surface area contributed by atoms with Crippen LogP contribution in [0.1, 0.15) is 16.7 Å². The number of hydrogen-bond acceptors (Lipinski definition) is 15. The minimum absolute atomic E-state index is 0.502. The molecule has 0 bridgehead atoms. The van der Waals surface area contributed by atoms with Gasteiger partial charge in [0, 0.05) is 117 Å². The average Bonchev–Trinajstić information content (AvgIpc) is 1.58. The lowest BCUT2D eigenvalue weighted by Crippen LogP contribution is -2.06. The average molecular weight is 1650 g/mol. The number of nitrogens with zero attached hydrogens (tertiary/aromatic N) is 15. The molecule has 25 rings (SSSR count). The van der Waals surface area contributed by atoms with Crippen molar-refractivity contribution in [1.82, 2.24) is 58.6 Å². The number of aromatic nitrogens is 12. The van der Waals surface area contributed by atoms with Crippen LogP contribution in [-0.4, -0.2) is 58.6 Å². The van der Waals surface area contributed by atoms with Gasteiger partial charge < -0.3 is 4.42 Å². The monoisotopic (exact) mass is 1650 g/mol. The first-order valence-electron chi connectivity index (χ1n) is 40.9. The third kappa shape index (κ3) is 13.0. The molecule has 0 aliphatic heterocycles. The van der Waals surface area contributed by atoms with Crippen LogP contribution in [0.2, 0.25) is 0 Å². The van der Waals surface area contributed by atoms with E-state index in [1.165, 1.54) is 45.7 Å². The van der Waals surface area contributed by atoms with Crippen molar-refractivity contribution in [2.45, 2.75) is 0 Å². The zero-order valence-electron chi connectivity index (χ0n) is 66.7. The van der Waals surface area contributed by atoms with Gasteiger partial charge in [-0.15, -0.1) is 22.7 Å². The van der Waals surface area contributed by atoms with Gasteiger partial charge in [0.05, 0.1) is 68.0 Å². The highest BCUT2D eigenvalue weighted by Crippen LogP contribution is 2.45. The molecule has 0 amide bonds. The van der Waals surface area contributed by atoms with Gasteiger partial charge in [0.15, 0.2) is 34.9 Å². The number of furan rings is 1. The van der Waals surface area contributed by atoms with E-state index < -0.39 is 0 Å². The summed E-state index contributed by atoms with van der Waals surface area (Å²) in [5.41, 5.74) is 16.8. The summed E-state index contributed by atoms with van der Waals surface area (Å²) in [5.74, 6) is 5.04. The largest absolute Gasteiger partial charge is 0.456 e. The Morgan fingerprint density at radius 1 is 0.198 bits per heavy atom. The second kappa shape index (κ2) is 30.7. The summed E-state index contributed by atoms with van der Waals surface area (Å²) in [4.78, 5) is 45.0. The summed E-state index contributed by atoms with van der Waals surface area (Å²) in [6.45, 7) is 0. The van der Waals surface area contributed by atoms with Crippen molar-refractivity contribution in [1.29, 1.82) is 15.8 Å². The number of nitriles is 3. The van der Waals surface area contributed by atoms with Crippen LogP contribution in [0.15, 0.2) is 374 Å². The fourth-order valence-electron chi connectivity index (χ4n) is 17.1. The number of benzene rings is 16. The van der Waals surface area contributed by atoms with Crippen LogP contribution in [0.4, 0.5) is 0 Å². The predicted octanol–water partition coefficient (Wildman–Crippen LogP) is 26.8. The van der Waals surface area contributed by atoms with Crippen LogP contribution < -0.4 is 0 Å². The first kappa shape index (κ1) is 73.8. The van der Waals surface area contributed by atoms with E-state index in [1.807, 2.05) is 205 Å². The Bertz CT molecular complexity index is 8840. The van der Waals surface area contributed by atoms with Gasteiger partial charge in [-0.2, -0.15) is 45.7 Å². The molecule has 0 unspecified atom stereocenters. The predicted molar refractivity (Wildman–Crippen MR) is 508 cm³/mol. The highest BCUT2D eigenvalue weighted by Gasteiger charge is 2.25. The van der Waals surface area contributed by atoms with E-state index in [-0.39, 0.29) is 0 Å². The molecule has 0 aliphatic rings. The molecular weight excluding hydrogens is 1590 g/mol. The van der Waals surface area contributed by atoms with Crippen molar-refractivity contribution < 1.29 is 4.42 Å². The van der Waals surface area contributed by atoms with E-state index in [9.17, 15) is 15.8 Å². The molecule has 126 heavy (non-hydrogen) atoms. The number of fused-ring (bicyclic) bond motifs is 18. The van der Waals surface area contributed by atoms with E-state index in [4.69, 9.17) is 49.3 Å². The molecule has 18 heteroatoms. The summed E-state index contributed by atoms with van der Waals surface area (Å²) in [6, 6.07) is 131. The molecule has 0 saturated heterocycles. The molecule has 0 N–H and O–H groups in total. The maximum absolute atomic E-state index is 9.51. The maximum atomic E-state index is 9.51. The van der Waals surface area contributed by atoms with Crippen molar-refractivity contribution in [2.24, 2.45) is 0 Å². The lowest BCUT2D eigenvalue weighted by molar-refractivity contribution is 0.669. The lowest BCUT2D eigenvalue weighted by atomic mass is 10.0. The SMILES string of the molecule is N#Cc1ccc(-c2cccc(-c3nc(-c4ccccc4)nc(-n4c5ccccc5c5cc6sc7ccccc7c6cc54)n3)c2)cc1.N#Cc1ccc(-c2nc(-c3ccccc3)nc(-n3c4ccccc4c4cc5sc6ccccc6c5cc43)n2)cc1.N#Cc1cccc(-c2nc(-c3ccccc3)nc(-n3c4ccccc4c4cc5oc6ccccc6c5cc43)n2)c1. The highest BCUT2D eigenvalue weighted by molar-refractivity contribution is 7.26. The van der Waals surface area contributed by atoms with Gasteiger partial charge in [0.2, 0.25) is 17.8 Å². The minimum atomic E-state index is 0.502. The quantitative estimate of drug-likeness (QED) is 0.125. The van der Waals surface area contributed by atoms with Gasteiger partial charge in [-0.05, 0) is 139 Å². The Balaban J connectivity index is 0.000000109. The fourth-order valence-corrected chi connectivity index (χ4v) is 19.4. The van der Waals surface area contributed by atoms with Gasteiger partial charge in [-0.1, -0.05) is 243 Å². The first-order chi connectivity index (χ1) is 62.3. The van der Waals surface area contributed by atoms with Crippen LogP contribution in [0.25, 0.3) is 225 Å². The maximum Gasteiger partial charge on any atom is 0.238 e. The topological polar surface area (TPSA) is 215 Å². The molecule has 0 saturated carbocycles. The Hall–Kier alpha value is -17.3. The molecular formula is C108H61N15OS2. The molecule has 9 heterocycles. The molecule has 0 atom stereocenters. The van der Waals surface area contributed by atoms with E-state index >= 15 is 0 Å². The number of rotatable bonds is 10. The molecule has 0 radical (unpaired) electrons. The molecule has 586 valence electrons. The molecule has 0 fully saturated rings. The van der Waals surface area contributed by atoms with E-state index in [2.05, 4.69) is 196 Å². The standard InChI is InChI=1S/C40H23N5S.C34H19N5O.C34H19N5S/c41-24-25-17-19-26(20-18-25)28-11-8-12-29(21-28)39-42-38(27-9-2-1-3-10-27)43-40(44-39)45-34-15-6-4-13-30(34)32-23-37-33(22-35(32)45)31-14-5-7-16-36(31)46-37;35-20-21-9-8-12-23(17-21)33-36-32(22-10-2-1-3-11-22)37-34(38-33)39-28-15-6-4-13-24(28)26-19-31-27(18-29(26)39)25-14-5-7-16-30(25)40-31;35-20-21-14-16-23(17-15-21)33-36-32(22-8-2-1-3-9-22)37-34(38-33)39-28-12-6-4-10-24(28)26-19-31-27(18-29(26)39)25-11-5-7-13-30(25)40-31/h1-23H;2*1-19H. The van der Waals surface area contributed by atoms with E-state index in [1.54, 1.807) is 24.3 Å². The highest BCUT2D eigenvalue weighted by atomic mass is 32.1. The van der Waals surface area contributed by atoms with Crippen LogP contribution in [0.3, 0.4) is 0 Å². The molecule has 25 aromatic rings. The smallest absolute Gasteiger partial charge is 0.238 e. The van der Waals surface area contributed by atoms with Crippen molar-refractivity contribution in [3.63, 3.8) is 0 Å². The van der Waals surface area contributed by atoms with Crippen molar-refractivity contribution in [2.75, 3.05) is 0 Å². The molecule has 9 aromatic heterocycles. The third-order valence-corrected chi connectivity index (χ3v) is 25.3. The van der Waals surface area contributed by atoms with Gasteiger partial charge in [0.1, 0.15) is 11.2 Å². The van der Waals surface area contributed by atoms with Crippen LogP contribution in [0.5, 0.6) is 0 Å². The minimum Gasteiger partial charge on any atom is -0.456 e. The number of para-hydroxylation sites is 4. The summed E-state index contributed by atoms with van der Waals surface area (Å²) in [7, 11) is 0. The summed E-state index contributed by atoms with van der Waals surface area (Å²) in [5, 5.41) is 41.9. The normalized spacial score (nSPS) is 11.5. The van der Waals surface area contributed by atoms with Crippen molar-refractivity contribution >= 4 is 150 Å². The van der Waals surface area contributed by atoms with Gasteiger partial charge in [-0.3, -0.25) is 13.7 Å². The zero-order chi connectivity index (χ0) is 83.9. The summed E-state index contributed by atoms with van der Waals surface area (Å²) in [6.07, 6.45) is 0. The van der Waals surface area contributed by atoms with E-state index in [0.29, 0.717) is 69.5 Å². The summed E-state index contributed by atoms with van der Waals surface area (Å²) < 4.78 is 17.7. The number of hydrogen-bond donors (Lipinski definition) is 0. The van der Waals surface area contributed by atoms with Crippen LogP contribution in [0, 0.1) is 34.0 Å². The third-order valence-electron chi connectivity index (χ3n) is 23.1. The zero-order valence-corrected chi connectivity index (χ0v) is 68.3. The fraction of sp³-hybridized carbons (Fsp3) is 0. The van der Waals surface area contributed by atoms with Gasteiger partial charge in [0.25, 0.3) is 0 Å². The number of thiophene rings is 2. The molecule has 0 spiro atoms. The Labute approximate surface area is 726 Å². The van der Waals surface area contributed by atoms with Crippen molar-refractivity contribution in [3.05, 3.63) is 387 Å². The van der Waals surface area contributed by atoms with Crippen molar-refractivity contribution in [3.8, 4) is 116 Å². The van der Waals surface area contributed by atoms with Gasteiger partial charge >= 0.3 is 0 Å². The molecule has 16 nitrogen and oxygen atoms in total. The van der Waals surface area contributed by atoms with Gasteiger partial charge in [-0.25, -0.2) is 15.0 Å². The van der Waals surface area contributed by atoms with Crippen LogP contribution >= 0.6 is 22.7 Å². The molecule has 0 aliphatic carbocycles. The first-order valence-corrected chi connectivity index (χ1v) is 42.5. The Kier molecular flexibility index (Phi) is 18.0. The molecule has 16 aromatic carbocycles. The van der Waals surface area contributed by atoms with Crippen LogP contribution in [-0.2, 0) is 0 Å². The Morgan fingerprint density at radius 3 is 0.976 bits per heavy atom.